The maximum absolute atomic E-state index is 12.1. The van der Waals surface area contributed by atoms with Gasteiger partial charge in [-0.2, -0.15) is 0 Å². The Bertz CT molecular complexity index is 600. The van der Waals surface area contributed by atoms with Crippen molar-refractivity contribution in [3.63, 3.8) is 0 Å². The van der Waals surface area contributed by atoms with Gasteiger partial charge in [-0.25, -0.2) is 8.42 Å². The zero-order valence-corrected chi connectivity index (χ0v) is 13.2. The van der Waals surface area contributed by atoms with Gasteiger partial charge in [-0.3, -0.25) is 0 Å². The van der Waals surface area contributed by atoms with Crippen LogP contribution < -0.4 is 5.73 Å². The van der Waals surface area contributed by atoms with Crippen molar-refractivity contribution < 1.29 is 13.2 Å². The summed E-state index contributed by atoms with van der Waals surface area (Å²) in [6.45, 7) is 2.61. The topological polar surface area (TPSA) is 69.4 Å². The maximum Gasteiger partial charge on any atom is 0.152 e. The molecule has 110 valence electrons. The van der Waals surface area contributed by atoms with Gasteiger partial charge in [0.2, 0.25) is 0 Å². The van der Waals surface area contributed by atoms with Crippen molar-refractivity contribution in [1.29, 1.82) is 0 Å². The zero-order valence-electron chi connectivity index (χ0n) is 11.6. The summed E-state index contributed by atoms with van der Waals surface area (Å²) in [4.78, 5) is 0.218. The third-order valence-electron chi connectivity index (χ3n) is 3.88. The normalized spacial score (nSPS) is 29.1. The van der Waals surface area contributed by atoms with E-state index in [0.29, 0.717) is 6.61 Å². The minimum Gasteiger partial charge on any atom is -0.393 e. The molecule has 0 radical (unpaired) electrons. The number of hydrogen-bond donors (Lipinski definition) is 1. The van der Waals surface area contributed by atoms with E-state index >= 15 is 0 Å². The first-order valence-electron chi connectivity index (χ1n) is 6.47. The fourth-order valence-electron chi connectivity index (χ4n) is 2.97. The lowest BCUT2D eigenvalue weighted by Gasteiger charge is -2.16. The van der Waals surface area contributed by atoms with Crippen LogP contribution in [0.4, 0.5) is 0 Å². The van der Waals surface area contributed by atoms with Gasteiger partial charge in [0, 0.05) is 18.8 Å². The molecule has 3 unspecified atom stereocenters. The summed E-state index contributed by atoms with van der Waals surface area (Å²) in [5.74, 6) is -0.220. The van der Waals surface area contributed by atoms with Gasteiger partial charge in [0.25, 0.3) is 0 Å². The van der Waals surface area contributed by atoms with Crippen molar-refractivity contribution in [3.8, 4) is 0 Å². The van der Waals surface area contributed by atoms with Crippen LogP contribution in [0.1, 0.15) is 18.4 Å². The molecule has 3 atom stereocenters. The number of nitrogens with two attached hydrogens (primary N) is 1. The van der Waals surface area contributed by atoms with E-state index in [9.17, 15) is 8.42 Å². The Morgan fingerprint density at radius 1 is 1.40 bits per heavy atom. The van der Waals surface area contributed by atoms with Gasteiger partial charge < -0.3 is 10.5 Å². The van der Waals surface area contributed by atoms with Gasteiger partial charge in [0.05, 0.1) is 22.3 Å². The molecule has 1 saturated carbocycles. The van der Waals surface area contributed by atoms with E-state index in [0.717, 1.165) is 5.56 Å². The van der Waals surface area contributed by atoms with Crippen molar-refractivity contribution >= 4 is 27.0 Å². The summed E-state index contributed by atoms with van der Waals surface area (Å²) < 4.78 is 29.6. The third kappa shape index (κ3) is 2.47. The van der Waals surface area contributed by atoms with E-state index in [1.54, 1.807) is 0 Å². The highest BCUT2D eigenvalue weighted by Crippen LogP contribution is 2.63. The molecule has 1 fully saturated rings. The van der Waals surface area contributed by atoms with Crippen molar-refractivity contribution in [3.05, 3.63) is 35.9 Å². The molecule has 1 aliphatic carbocycles. The Hall–Kier alpha value is -0.980. The lowest BCUT2D eigenvalue weighted by atomic mass is 10.00. The monoisotopic (exact) mass is 313 g/mol. The predicted molar refractivity (Wildman–Crippen MR) is 83.5 cm³/mol. The smallest absolute Gasteiger partial charge is 0.152 e. The second kappa shape index (κ2) is 5.42. The van der Waals surface area contributed by atoms with Gasteiger partial charge >= 0.3 is 0 Å². The number of ether oxygens (including phenoxy) is 1. The predicted octanol–water partition coefficient (Wildman–Crippen LogP) is 1.51. The number of benzene rings is 1. The van der Waals surface area contributed by atoms with Crippen LogP contribution in [0.2, 0.25) is 0 Å². The summed E-state index contributed by atoms with van der Waals surface area (Å²) >= 11 is 5.16. The van der Waals surface area contributed by atoms with E-state index in [-0.39, 0.29) is 17.5 Å². The number of hydrogen-bond acceptors (Lipinski definition) is 4. The van der Waals surface area contributed by atoms with E-state index in [1.165, 1.54) is 6.26 Å². The molecule has 2 N–H and O–H groups in total. The van der Waals surface area contributed by atoms with Crippen LogP contribution in [0.15, 0.2) is 30.3 Å². The van der Waals surface area contributed by atoms with Crippen LogP contribution in [0, 0.1) is 5.41 Å². The van der Waals surface area contributed by atoms with Gasteiger partial charge in [-0.15, -0.1) is 0 Å². The van der Waals surface area contributed by atoms with Gasteiger partial charge in [0.1, 0.15) is 0 Å². The Balaban J connectivity index is 2.45. The molecule has 0 amide bonds. The molecular weight excluding hydrogens is 294 g/mol. The van der Waals surface area contributed by atoms with Crippen LogP contribution >= 0.6 is 12.2 Å². The molecule has 0 aromatic heterocycles. The maximum atomic E-state index is 12.1. The Kier molecular flexibility index (Phi) is 4.18. The highest BCUT2D eigenvalue weighted by molar-refractivity contribution is 7.92. The Labute approximate surface area is 125 Å². The van der Waals surface area contributed by atoms with E-state index < -0.39 is 20.5 Å². The van der Waals surface area contributed by atoms with Gasteiger partial charge in [-0.05, 0) is 12.5 Å². The lowest BCUT2D eigenvalue weighted by molar-refractivity contribution is 0.121. The first-order valence-corrected chi connectivity index (χ1v) is 8.83. The fraction of sp³-hybridized carbons (Fsp3) is 0.500. The molecular formula is C14H19NO3S2. The van der Waals surface area contributed by atoms with Crippen LogP contribution in [-0.2, 0) is 14.6 Å². The zero-order chi connectivity index (χ0) is 15.0. The minimum atomic E-state index is -3.26. The fourth-order valence-corrected chi connectivity index (χ4v) is 5.28. The molecule has 0 aliphatic heterocycles. The van der Waals surface area contributed by atoms with Crippen LogP contribution in [0.5, 0.6) is 0 Å². The summed E-state index contributed by atoms with van der Waals surface area (Å²) in [7, 11) is -3.26. The summed E-state index contributed by atoms with van der Waals surface area (Å²) in [5.41, 5.74) is 6.04. The summed E-state index contributed by atoms with van der Waals surface area (Å²) in [6, 6.07) is 9.49. The molecule has 4 nitrogen and oxygen atoms in total. The molecule has 1 aliphatic rings. The van der Waals surface area contributed by atoms with Crippen LogP contribution in [0.3, 0.4) is 0 Å². The first kappa shape index (κ1) is 15.4. The van der Waals surface area contributed by atoms with Crippen molar-refractivity contribution in [2.24, 2.45) is 11.1 Å². The van der Waals surface area contributed by atoms with E-state index in [2.05, 4.69) is 0 Å². The van der Waals surface area contributed by atoms with Crippen LogP contribution in [0.25, 0.3) is 0 Å². The second-order valence-electron chi connectivity index (χ2n) is 5.18. The molecule has 1 aromatic rings. The molecule has 1 aromatic carbocycles. The number of sulfone groups is 1. The second-order valence-corrected chi connectivity index (χ2v) is 7.79. The van der Waals surface area contributed by atoms with E-state index in [1.807, 2.05) is 37.3 Å². The molecule has 0 bridgehead atoms. The van der Waals surface area contributed by atoms with Crippen molar-refractivity contribution in [1.82, 2.24) is 0 Å². The average molecular weight is 313 g/mol. The highest BCUT2D eigenvalue weighted by atomic mass is 32.2. The standard InChI is InChI=1S/C14H19NO3S2/c1-3-18-9-14(13(15)19)11(12(14)20(2,16)17)10-7-5-4-6-8-10/h4-8,11-12H,3,9H2,1-2H3,(H2,15,19). The lowest BCUT2D eigenvalue weighted by Crippen LogP contribution is -2.33. The Morgan fingerprint density at radius 2 is 2.00 bits per heavy atom. The Morgan fingerprint density at radius 3 is 2.45 bits per heavy atom. The minimum absolute atomic E-state index is 0.218. The number of thiocarbonyl (C=S) groups is 1. The molecule has 20 heavy (non-hydrogen) atoms. The molecule has 2 rings (SSSR count). The molecule has 6 heteroatoms. The quantitative estimate of drug-likeness (QED) is 0.806. The van der Waals surface area contributed by atoms with Crippen molar-refractivity contribution in [2.75, 3.05) is 19.5 Å². The van der Waals surface area contributed by atoms with E-state index in [4.69, 9.17) is 22.7 Å². The highest BCUT2D eigenvalue weighted by Gasteiger charge is 2.71. The number of rotatable bonds is 6. The molecule has 0 spiro atoms. The van der Waals surface area contributed by atoms with Gasteiger partial charge in [0.15, 0.2) is 9.84 Å². The first-order chi connectivity index (χ1) is 9.35. The third-order valence-corrected chi connectivity index (χ3v) is 5.88. The van der Waals surface area contributed by atoms with Crippen molar-refractivity contribution in [2.45, 2.75) is 18.1 Å². The van der Waals surface area contributed by atoms with Gasteiger partial charge in [-0.1, -0.05) is 42.5 Å². The summed E-state index contributed by atoms with van der Waals surface area (Å²) in [5, 5.41) is -0.596. The molecule has 0 heterocycles. The SMILES string of the molecule is CCOCC1(C(N)=S)C(c2ccccc2)C1S(C)(=O)=O. The summed E-state index contributed by atoms with van der Waals surface area (Å²) in [6.07, 6.45) is 1.24. The largest absolute Gasteiger partial charge is 0.393 e. The average Bonchev–Trinajstić information content (AvgIpc) is 3.08. The molecule has 0 saturated heterocycles. The van der Waals surface area contributed by atoms with Crippen LogP contribution in [-0.4, -0.2) is 38.1 Å².